The highest BCUT2D eigenvalue weighted by Gasteiger charge is 2.39. The van der Waals surface area contributed by atoms with Crippen LogP contribution in [-0.2, 0) is 25.6 Å². The molecule has 2 rings (SSSR count). The zero-order chi connectivity index (χ0) is 16.7. The molecule has 3 atom stereocenters. The Morgan fingerprint density at radius 1 is 1.17 bits per heavy atom. The van der Waals surface area contributed by atoms with Crippen molar-refractivity contribution in [3.63, 3.8) is 0 Å². The van der Waals surface area contributed by atoms with Gasteiger partial charge in [0.2, 0.25) is 0 Å². The van der Waals surface area contributed by atoms with Crippen molar-refractivity contribution in [3.05, 3.63) is 35.9 Å². The number of rotatable bonds is 5. The molecule has 23 heavy (non-hydrogen) atoms. The summed E-state index contributed by atoms with van der Waals surface area (Å²) in [4.78, 5) is 23.8. The number of methoxy groups -OCH3 is 2. The predicted octanol–water partition coefficient (Wildman–Crippen LogP) is 2.27. The molecule has 0 heterocycles. The molecule has 1 saturated carbocycles. The van der Waals surface area contributed by atoms with Gasteiger partial charge < -0.3 is 19.5 Å². The maximum absolute atomic E-state index is 12.0. The molecule has 1 aliphatic rings. The van der Waals surface area contributed by atoms with Gasteiger partial charge in [-0.15, -0.1) is 0 Å². The van der Waals surface area contributed by atoms with Gasteiger partial charge in [0.1, 0.15) is 6.61 Å². The van der Waals surface area contributed by atoms with Gasteiger partial charge in [0.25, 0.3) is 0 Å². The highest BCUT2D eigenvalue weighted by Crippen LogP contribution is 2.28. The van der Waals surface area contributed by atoms with Crippen LogP contribution in [0.4, 0.5) is 4.79 Å². The van der Waals surface area contributed by atoms with Crippen LogP contribution in [0.1, 0.15) is 24.8 Å². The Labute approximate surface area is 136 Å². The molecule has 0 radical (unpaired) electrons. The summed E-state index contributed by atoms with van der Waals surface area (Å²) in [5.74, 6) is -0.667. The third-order valence-corrected chi connectivity index (χ3v) is 4.12. The molecule has 0 aromatic heterocycles. The molecule has 0 bridgehead atoms. The minimum absolute atomic E-state index is 0.206. The standard InChI is InChI=1S/C17H23NO5/c1-21-15-13(16(19)22-2)9-6-10-14(15)18-17(20)23-11-12-7-4-3-5-8-12/h3-5,7-8,13-15H,6,9-11H2,1-2H3,(H,18,20)/t13-,14?,15-/m0/s1. The van der Waals surface area contributed by atoms with E-state index in [1.807, 2.05) is 30.3 Å². The Balaban J connectivity index is 1.89. The number of esters is 1. The summed E-state index contributed by atoms with van der Waals surface area (Å²) >= 11 is 0. The fraction of sp³-hybridized carbons (Fsp3) is 0.529. The van der Waals surface area contributed by atoms with Gasteiger partial charge in [-0.05, 0) is 18.4 Å². The molecular weight excluding hydrogens is 298 g/mol. The first-order valence-corrected chi connectivity index (χ1v) is 7.73. The second kappa shape index (κ2) is 8.53. The quantitative estimate of drug-likeness (QED) is 0.842. The molecule has 126 valence electrons. The van der Waals surface area contributed by atoms with Crippen LogP contribution < -0.4 is 5.32 Å². The summed E-state index contributed by atoms with van der Waals surface area (Å²) in [5, 5.41) is 2.81. The Bertz CT molecular complexity index is 519. The Morgan fingerprint density at radius 3 is 2.57 bits per heavy atom. The van der Waals surface area contributed by atoms with Crippen LogP contribution >= 0.6 is 0 Å². The zero-order valence-corrected chi connectivity index (χ0v) is 13.5. The van der Waals surface area contributed by atoms with Gasteiger partial charge in [0.15, 0.2) is 0 Å². The van der Waals surface area contributed by atoms with Crippen LogP contribution in [0, 0.1) is 5.92 Å². The molecule has 6 heteroatoms. The number of carbonyl (C=O) groups excluding carboxylic acids is 2. The predicted molar refractivity (Wildman–Crippen MR) is 83.7 cm³/mol. The van der Waals surface area contributed by atoms with Crippen LogP contribution in [0.25, 0.3) is 0 Å². The van der Waals surface area contributed by atoms with Gasteiger partial charge in [0, 0.05) is 7.11 Å². The van der Waals surface area contributed by atoms with Crippen molar-refractivity contribution in [2.45, 2.75) is 38.0 Å². The van der Waals surface area contributed by atoms with Gasteiger partial charge in [-0.2, -0.15) is 0 Å². The first-order valence-electron chi connectivity index (χ1n) is 7.73. The molecule has 1 unspecified atom stereocenters. The van der Waals surface area contributed by atoms with Crippen LogP contribution in [0.2, 0.25) is 0 Å². The second-order valence-electron chi connectivity index (χ2n) is 5.57. The Morgan fingerprint density at radius 2 is 1.91 bits per heavy atom. The largest absolute Gasteiger partial charge is 0.469 e. The Hall–Kier alpha value is -2.08. The number of amides is 1. The SMILES string of the molecule is COC(=O)[C@H]1CCCC(NC(=O)OCc2ccccc2)[C@H]1OC. The number of hydrogen-bond donors (Lipinski definition) is 1. The van der Waals surface area contributed by atoms with Crippen LogP contribution in [0.3, 0.4) is 0 Å². The van der Waals surface area contributed by atoms with Crippen molar-refractivity contribution < 1.29 is 23.8 Å². The highest BCUT2D eigenvalue weighted by molar-refractivity contribution is 5.74. The first kappa shape index (κ1) is 17.3. The fourth-order valence-electron chi connectivity index (χ4n) is 2.97. The van der Waals surface area contributed by atoms with Crippen molar-refractivity contribution in [1.29, 1.82) is 0 Å². The monoisotopic (exact) mass is 321 g/mol. The van der Waals surface area contributed by atoms with Crippen molar-refractivity contribution >= 4 is 12.1 Å². The van der Waals surface area contributed by atoms with Crippen LogP contribution in [0.5, 0.6) is 0 Å². The van der Waals surface area contributed by atoms with E-state index in [-0.39, 0.29) is 24.5 Å². The number of ether oxygens (including phenoxy) is 3. The molecule has 1 aromatic rings. The minimum Gasteiger partial charge on any atom is -0.469 e. The maximum Gasteiger partial charge on any atom is 0.407 e. The lowest BCUT2D eigenvalue weighted by atomic mass is 9.83. The second-order valence-corrected chi connectivity index (χ2v) is 5.57. The van der Waals surface area contributed by atoms with E-state index in [2.05, 4.69) is 5.32 Å². The lowest BCUT2D eigenvalue weighted by Crippen LogP contribution is -2.52. The normalized spacial score (nSPS) is 23.8. The molecule has 1 aromatic carbocycles. The maximum atomic E-state index is 12.0. The summed E-state index contributed by atoms with van der Waals surface area (Å²) in [6.45, 7) is 0.206. The topological polar surface area (TPSA) is 73.9 Å². The van der Waals surface area contributed by atoms with Crippen molar-refractivity contribution in [1.82, 2.24) is 5.32 Å². The lowest BCUT2D eigenvalue weighted by molar-refractivity contribution is -0.153. The van der Waals surface area contributed by atoms with E-state index in [1.54, 1.807) is 0 Å². The van der Waals surface area contributed by atoms with E-state index >= 15 is 0 Å². The third-order valence-electron chi connectivity index (χ3n) is 4.12. The number of benzene rings is 1. The first-order chi connectivity index (χ1) is 11.2. The molecule has 1 amide bonds. The average Bonchev–Trinajstić information content (AvgIpc) is 2.60. The van der Waals surface area contributed by atoms with Crippen LogP contribution in [0.15, 0.2) is 30.3 Å². The average molecular weight is 321 g/mol. The smallest absolute Gasteiger partial charge is 0.407 e. The number of hydrogen-bond acceptors (Lipinski definition) is 5. The van der Waals surface area contributed by atoms with Crippen molar-refractivity contribution in [2.24, 2.45) is 5.92 Å². The molecule has 1 N–H and O–H groups in total. The summed E-state index contributed by atoms with van der Waals surface area (Å²) in [6.07, 6.45) is 1.35. The summed E-state index contributed by atoms with van der Waals surface area (Å²) < 4.78 is 15.5. The van der Waals surface area contributed by atoms with E-state index in [1.165, 1.54) is 14.2 Å². The molecule has 1 aliphatic carbocycles. The number of nitrogens with one attached hydrogen (secondary N) is 1. The minimum atomic E-state index is -0.508. The molecule has 0 spiro atoms. The molecule has 6 nitrogen and oxygen atoms in total. The van der Waals surface area contributed by atoms with E-state index in [9.17, 15) is 9.59 Å². The zero-order valence-electron chi connectivity index (χ0n) is 13.5. The van der Waals surface area contributed by atoms with E-state index in [0.29, 0.717) is 6.42 Å². The van der Waals surface area contributed by atoms with Crippen molar-refractivity contribution in [2.75, 3.05) is 14.2 Å². The highest BCUT2D eigenvalue weighted by atomic mass is 16.6. The number of carbonyl (C=O) groups is 2. The van der Waals surface area contributed by atoms with Crippen LogP contribution in [-0.4, -0.2) is 38.4 Å². The molecular formula is C17H23NO5. The summed E-state index contributed by atoms with van der Waals surface area (Å²) in [5.41, 5.74) is 0.919. The van der Waals surface area contributed by atoms with Gasteiger partial charge >= 0.3 is 12.1 Å². The molecule has 0 saturated heterocycles. The fourth-order valence-corrected chi connectivity index (χ4v) is 2.97. The lowest BCUT2D eigenvalue weighted by Gasteiger charge is -2.35. The van der Waals surface area contributed by atoms with Crippen molar-refractivity contribution in [3.8, 4) is 0 Å². The van der Waals surface area contributed by atoms with E-state index < -0.39 is 12.2 Å². The summed E-state index contributed by atoms with van der Waals surface area (Å²) in [6, 6.07) is 9.19. The van der Waals surface area contributed by atoms with Gasteiger partial charge in [-0.3, -0.25) is 4.79 Å². The van der Waals surface area contributed by atoms with Gasteiger partial charge in [0.05, 0.1) is 25.2 Å². The number of alkyl carbamates (subject to hydrolysis) is 1. The van der Waals surface area contributed by atoms with Gasteiger partial charge in [-0.1, -0.05) is 36.8 Å². The Kier molecular flexibility index (Phi) is 6.40. The molecule has 0 aliphatic heterocycles. The van der Waals surface area contributed by atoms with E-state index in [4.69, 9.17) is 14.2 Å². The summed E-state index contributed by atoms with van der Waals surface area (Å²) in [7, 11) is 2.90. The van der Waals surface area contributed by atoms with Gasteiger partial charge in [-0.25, -0.2) is 4.79 Å². The third kappa shape index (κ3) is 4.69. The van der Waals surface area contributed by atoms with E-state index in [0.717, 1.165) is 18.4 Å². The molecule has 1 fully saturated rings.